The van der Waals surface area contributed by atoms with E-state index < -0.39 is 6.09 Å². The molecule has 15 heavy (non-hydrogen) atoms. The summed E-state index contributed by atoms with van der Waals surface area (Å²) in [6.07, 6.45) is -0.575. The molecule has 80 valence electrons. The predicted molar refractivity (Wildman–Crippen MR) is 61.4 cm³/mol. The lowest BCUT2D eigenvalue weighted by atomic mass is 10.2. The Morgan fingerprint density at radius 2 is 2.07 bits per heavy atom. The van der Waals surface area contributed by atoms with Gasteiger partial charge in [0.2, 0.25) is 0 Å². The third-order valence-electron chi connectivity index (χ3n) is 1.64. The topological polar surface area (TPSA) is 64.3 Å². The molecule has 1 rings (SSSR count). The summed E-state index contributed by atoms with van der Waals surface area (Å²) in [6.45, 7) is 0.357. The third kappa shape index (κ3) is 4.53. The standard InChI is InChI=1S/C10H12N2O2S/c11-6-9(15)12-10(13)14-7-8-4-2-1-3-5-8/h1-5H,6-7,11H2,(H,12,13,15). The van der Waals surface area contributed by atoms with Crippen LogP contribution in [0.5, 0.6) is 0 Å². The molecule has 0 aromatic heterocycles. The molecule has 1 amide bonds. The summed E-state index contributed by atoms with van der Waals surface area (Å²) in [4.78, 5) is 11.4. The number of nitrogens with two attached hydrogens (primary N) is 1. The first-order chi connectivity index (χ1) is 7.22. The van der Waals surface area contributed by atoms with E-state index in [1.165, 1.54) is 0 Å². The zero-order chi connectivity index (χ0) is 11.1. The van der Waals surface area contributed by atoms with Crippen molar-refractivity contribution < 1.29 is 9.53 Å². The molecule has 5 heteroatoms. The molecule has 3 N–H and O–H groups in total. The maximum absolute atomic E-state index is 11.1. The van der Waals surface area contributed by atoms with E-state index in [1.807, 2.05) is 30.3 Å². The van der Waals surface area contributed by atoms with Crippen molar-refractivity contribution in [1.29, 1.82) is 0 Å². The Bertz CT molecular complexity index is 341. The minimum Gasteiger partial charge on any atom is -0.444 e. The quantitative estimate of drug-likeness (QED) is 0.757. The highest BCUT2D eigenvalue weighted by atomic mass is 32.1. The lowest BCUT2D eigenvalue weighted by molar-refractivity contribution is 0.145. The molecule has 0 aliphatic rings. The maximum atomic E-state index is 11.1. The molecular weight excluding hydrogens is 212 g/mol. The highest BCUT2D eigenvalue weighted by molar-refractivity contribution is 7.80. The van der Waals surface area contributed by atoms with Crippen LogP contribution in [-0.2, 0) is 11.3 Å². The highest BCUT2D eigenvalue weighted by Crippen LogP contribution is 2.00. The van der Waals surface area contributed by atoms with Crippen LogP contribution in [0.2, 0.25) is 0 Å². The fourth-order valence-corrected chi connectivity index (χ4v) is 1.01. The van der Waals surface area contributed by atoms with Crippen LogP contribution in [0.3, 0.4) is 0 Å². The number of hydrogen-bond donors (Lipinski definition) is 2. The van der Waals surface area contributed by atoms with E-state index in [0.717, 1.165) is 5.56 Å². The van der Waals surface area contributed by atoms with Crippen LogP contribution in [0.25, 0.3) is 0 Å². The maximum Gasteiger partial charge on any atom is 0.412 e. The summed E-state index contributed by atoms with van der Waals surface area (Å²) in [7, 11) is 0. The molecule has 0 aliphatic heterocycles. The van der Waals surface area contributed by atoms with Gasteiger partial charge in [0.15, 0.2) is 0 Å². The molecule has 4 nitrogen and oxygen atoms in total. The highest BCUT2D eigenvalue weighted by Gasteiger charge is 2.03. The van der Waals surface area contributed by atoms with Crippen molar-refractivity contribution in [2.75, 3.05) is 6.54 Å². The number of rotatable bonds is 3. The summed E-state index contributed by atoms with van der Waals surface area (Å²) in [5, 5.41) is 2.35. The molecule has 0 saturated heterocycles. The van der Waals surface area contributed by atoms with Crippen LogP contribution in [0.4, 0.5) is 4.79 Å². The van der Waals surface area contributed by atoms with E-state index in [4.69, 9.17) is 22.7 Å². The average Bonchev–Trinajstić information content (AvgIpc) is 2.27. The van der Waals surface area contributed by atoms with Gasteiger partial charge in [-0.3, -0.25) is 5.32 Å². The Morgan fingerprint density at radius 3 is 2.67 bits per heavy atom. The Hall–Kier alpha value is -1.46. The molecule has 0 unspecified atom stereocenters. The SMILES string of the molecule is NCC(=S)NC(=O)OCc1ccccc1. The summed E-state index contributed by atoms with van der Waals surface area (Å²) < 4.78 is 4.91. The molecule has 0 saturated carbocycles. The summed E-state index contributed by atoms with van der Waals surface area (Å²) in [6, 6.07) is 9.39. The minimum absolute atomic E-state index is 0.135. The number of alkyl carbamates (subject to hydrolysis) is 1. The van der Waals surface area contributed by atoms with E-state index in [9.17, 15) is 4.79 Å². The second kappa shape index (κ2) is 6.10. The van der Waals surface area contributed by atoms with E-state index in [0.29, 0.717) is 0 Å². The van der Waals surface area contributed by atoms with Crippen molar-refractivity contribution in [2.24, 2.45) is 5.73 Å². The van der Waals surface area contributed by atoms with Crippen LogP contribution in [-0.4, -0.2) is 17.6 Å². The largest absolute Gasteiger partial charge is 0.444 e. The van der Waals surface area contributed by atoms with Crippen molar-refractivity contribution in [3.05, 3.63) is 35.9 Å². The van der Waals surface area contributed by atoms with Crippen molar-refractivity contribution in [2.45, 2.75) is 6.61 Å². The first kappa shape index (κ1) is 11.6. The summed E-state index contributed by atoms with van der Waals surface area (Å²) >= 11 is 4.73. The number of carbonyl (C=O) groups excluding carboxylic acids is 1. The Balaban J connectivity index is 2.32. The van der Waals surface area contributed by atoms with Crippen LogP contribution in [0.15, 0.2) is 30.3 Å². The van der Waals surface area contributed by atoms with Gasteiger partial charge in [-0.25, -0.2) is 4.79 Å². The fourth-order valence-electron chi connectivity index (χ4n) is 0.924. The number of carbonyl (C=O) groups is 1. The monoisotopic (exact) mass is 224 g/mol. The van der Waals surface area contributed by atoms with Crippen molar-refractivity contribution in [3.8, 4) is 0 Å². The molecule has 0 atom stereocenters. The van der Waals surface area contributed by atoms with E-state index in [-0.39, 0.29) is 18.1 Å². The predicted octanol–water partition coefficient (Wildman–Crippen LogP) is 1.20. The van der Waals surface area contributed by atoms with Gasteiger partial charge in [0.05, 0.1) is 4.99 Å². The zero-order valence-electron chi connectivity index (χ0n) is 8.10. The van der Waals surface area contributed by atoms with Gasteiger partial charge < -0.3 is 10.5 Å². The van der Waals surface area contributed by atoms with E-state index >= 15 is 0 Å². The molecule has 0 fully saturated rings. The third-order valence-corrected chi connectivity index (χ3v) is 1.91. The Labute approximate surface area is 93.4 Å². The van der Waals surface area contributed by atoms with Crippen molar-refractivity contribution >= 4 is 23.3 Å². The van der Waals surface area contributed by atoms with Crippen LogP contribution >= 0.6 is 12.2 Å². The van der Waals surface area contributed by atoms with Gasteiger partial charge in [-0.1, -0.05) is 42.5 Å². The molecule has 0 heterocycles. The first-order valence-electron chi connectivity index (χ1n) is 4.43. The van der Waals surface area contributed by atoms with E-state index in [2.05, 4.69) is 5.32 Å². The number of amides is 1. The van der Waals surface area contributed by atoms with Gasteiger partial charge in [-0.2, -0.15) is 0 Å². The average molecular weight is 224 g/mol. The smallest absolute Gasteiger partial charge is 0.412 e. The summed E-state index contributed by atoms with van der Waals surface area (Å²) in [5.74, 6) is 0. The molecule has 1 aromatic rings. The van der Waals surface area contributed by atoms with Gasteiger partial charge in [-0.05, 0) is 5.56 Å². The second-order valence-corrected chi connectivity index (χ2v) is 3.31. The molecule has 0 aliphatic carbocycles. The van der Waals surface area contributed by atoms with Crippen LogP contribution < -0.4 is 11.1 Å². The van der Waals surface area contributed by atoms with Gasteiger partial charge >= 0.3 is 6.09 Å². The van der Waals surface area contributed by atoms with Crippen LogP contribution in [0, 0.1) is 0 Å². The number of hydrogen-bond acceptors (Lipinski definition) is 4. The normalized spacial score (nSPS) is 9.40. The number of benzene rings is 1. The lowest BCUT2D eigenvalue weighted by Crippen LogP contribution is -2.34. The minimum atomic E-state index is -0.575. The Morgan fingerprint density at radius 1 is 1.40 bits per heavy atom. The summed E-state index contributed by atoms with van der Waals surface area (Å²) in [5.41, 5.74) is 6.14. The van der Waals surface area contributed by atoms with Gasteiger partial charge in [0.25, 0.3) is 0 Å². The van der Waals surface area contributed by atoms with Gasteiger partial charge in [0.1, 0.15) is 6.61 Å². The molecule has 1 aromatic carbocycles. The van der Waals surface area contributed by atoms with Crippen molar-refractivity contribution in [1.82, 2.24) is 5.32 Å². The molecule has 0 radical (unpaired) electrons. The fraction of sp³-hybridized carbons (Fsp3) is 0.200. The van der Waals surface area contributed by atoms with Crippen molar-refractivity contribution in [3.63, 3.8) is 0 Å². The number of thiocarbonyl (C=S) groups is 1. The lowest BCUT2D eigenvalue weighted by Gasteiger charge is -2.06. The molecule has 0 spiro atoms. The second-order valence-electron chi connectivity index (χ2n) is 2.81. The van der Waals surface area contributed by atoms with Gasteiger partial charge in [-0.15, -0.1) is 0 Å². The first-order valence-corrected chi connectivity index (χ1v) is 4.84. The molecular formula is C10H12N2O2S. The Kier molecular flexibility index (Phi) is 4.73. The van der Waals surface area contributed by atoms with Gasteiger partial charge in [0, 0.05) is 6.54 Å². The molecule has 0 bridgehead atoms. The van der Waals surface area contributed by atoms with Crippen LogP contribution in [0.1, 0.15) is 5.56 Å². The zero-order valence-corrected chi connectivity index (χ0v) is 8.92. The number of nitrogens with one attached hydrogen (secondary N) is 1. The number of ether oxygens (including phenoxy) is 1. The van der Waals surface area contributed by atoms with E-state index in [1.54, 1.807) is 0 Å².